The number of cyclic esters (lactones) is 1. The third-order valence-electron chi connectivity index (χ3n) is 6.96. The summed E-state index contributed by atoms with van der Waals surface area (Å²) in [5.74, 6) is -11.8. The number of carbonyl (C=O) groups excluding carboxylic acids is 2. The van der Waals surface area contributed by atoms with Crippen LogP contribution in [0.25, 0.3) is 0 Å². The SMILES string of the molecule is O=C1O[C@H]([C@@H](O)COc2c(O)cc(O)c3c2O[C@H](c2cc(O)c(O)c(O)c2)[C@H](OC(=O)c2cc(O)c(O)c(O)c2)C3)C(O)=C1O. The highest BCUT2D eigenvalue weighted by molar-refractivity contribution is 5.91. The van der Waals surface area contributed by atoms with E-state index in [4.69, 9.17) is 14.2 Å². The Hall–Kier alpha value is -6.10. The van der Waals surface area contributed by atoms with Gasteiger partial charge in [-0.05, 0) is 24.3 Å². The highest BCUT2D eigenvalue weighted by Crippen LogP contribution is 2.51. The predicted molar refractivity (Wildman–Crippen MR) is 143 cm³/mol. The molecule has 238 valence electrons. The summed E-state index contributed by atoms with van der Waals surface area (Å²) in [5.41, 5.74) is -0.657. The van der Waals surface area contributed by atoms with Gasteiger partial charge in [0.25, 0.3) is 0 Å². The maximum absolute atomic E-state index is 13.0. The summed E-state index contributed by atoms with van der Waals surface area (Å²) in [6.07, 6.45) is -6.84. The average molecular weight is 632 g/mol. The van der Waals surface area contributed by atoms with Crippen LogP contribution in [0, 0.1) is 0 Å². The van der Waals surface area contributed by atoms with Gasteiger partial charge in [0.15, 0.2) is 64.0 Å². The Morgan fingerprint density at radius 3 is 1.93 bits per heavy atom. The molecule has 45 heavy (non-hydrogen) atoms. The van der Waals surface area contributed by atoms with Crippen LogP contribution in [-0.4, -0.2) is 93.0 Å². The van der Waals surface area contributed by atoms with Gasteiger partial charge in [0, 0.05) is 23.6 Å². The zero-order valence-electron chi connectivity index (χ0n) is 22.5. The van der Waals surface area contributed by atoms with Gasteiger partial charge >= 0.3 is 11.9 Å². The number of phenols is 8. The fourth-order valence-corrected chi connectivity index (χ4v) is 4.71. The van der Waals surface area contributed by atoms with E-state index in [0.717, 1.165) is 30.3 Å². The van der Waals surface area contributed by atoms with E-state index >= 15 is 0 Å². The number of ether oxygens (including phenoxy) is 4. The number of benzene rings is 3. The molecule has 0 aromatic heterocycles. The van der Waals surface area contributed by atoms with Crippen LogP contribution in [0.4, 0.5) is 0 Å². The third-order valence-corrected chi connectivity index (χ3v) is 6.96. The molecule has 2 aliphatic rings. The van der Waals surface area contributed by atoms with E-state index in [9.17, 15) is 65.8 Å². The molecule has 0 aliphatic carbocycles. The maximum atomic E-state index is 13.0. The second-order valence-electron chi connectivity index (χ2n) is 9.95. The largest absolute Gasteiger partial charge is 0.507 e. The Kier molecular flexibility index (Phi) is 7.55. The van der Waals surface area contributed by atoms with Crippen molar-refractivity contribution in [2.24, 2.45) is 0 Å². The summed E-state index contributed by atoms with van der Waals surface area (Å²) in [6.45, 7) is -0.791. The van der Waals surface area contributed by atoms with Crippen LogP contribution in [0.1, 0.15) is 27.6 Å². The fourth-order valence-electron chi connectivity index (χ4n) is 4.71. The highest BCUT2D eigenvalue weighted by Gasteiger charge is 2.42. The number of aliphatic hydroxyl groups excluding tert-OH is 3. The lowest BCUT2D eigenvalue weighted by Gasteiger charge is -2.35. The number of fused-ring (bicyclic) bond motifs is 1. The molecule has 0 amide bonds. The number of phenolic OH excluding ortho intramolecular Hbond substituents is 8. The normalized spacial score (nSPS) is 19.8. The van der Waals surface area contributed by atoms with E-state index in [1.54, 1.807) is 0 Å². The van der Waals surface area contributed by atoms with E-state index in [-0.39, 0.29) is 16.9 Å². The minimum absolute atomic E-state index is 0.111. The van der Waals surface area contributed by atoms with Gasteiger partial charge in [-0.25, -0.2) is 9.59 Å². The van der Waals surface area contributed by atoms with Crippen molar-refractivity contribution >= 4 is 11.9 Å². The van der Waals surface area contributed by atoms with Crippen LogP contribution >= 0.6 is 0 Å². The zero-order chi connectivity index (χ0) is 32.9. The lowest BCUT2D eigenvalue weighted by atomic mass is 9.93. The topological polar surface area (TPSA) is 294 Å². The lowest BCUT2D eigenvalue weighted by molar-refractivity contribution is -0.147. The van der Waals surface area contributed by atoms with Gasteiger partial charge < -0.3 is 75.1 Å². The first-order valence-electron chi connectivity index (χ1n) is 12.8. The monoisotopic (exact) mass is 632 g/mol. The molecule has 2 heterocycles. The molecule has 0 saturated carbocycles. The van der Waals surface area contributed by atoms with E-state index in [2.05, 4.69) is 4.74 Å². The molecule has 0 spiro atoms. The molecule has 17 heteroatoms. The molecule has 11 N–H and O–H groups in total. The van der Waals surface area contributed by atoms with Gasteiger partial charge in [0.05, 0.1) is 5.56 Å². The quantitative estimate of drug-likeness (QED) is 0.129. The first kappa shape index (κ1) is 30.4. The number of aliphatic hydroxyl groups is 3. The molecule has 5 rings (SSSR count). The third kappa shape index (κ3) is 5.42. The standard InChI is InChI=1S/C28H24O17/c29-11-6-16(34)26(42-7-17(35)25-21(38)22(39)28(41)45-25)24-10(11)5-18(23(44-24)8-1-12(30)19(36)13(31)2-8)43-27(40)9-3-14(32)20(37)15(33)4-9/h1-4,6,17-18,23,25,29-39H,5,7H2/t17-,18+,23+,25+/m0/s1. The Bertz CT molecular complexity index is 1700. The fraction of sp³-hybridized carbons (Fsp3) is 0.214. The van der Waals surface area contributed by atoms with Crippen LogP contribution < -0.4 is 9.47 Å². The minimum atomic E-state index is -1.79. The van der Waals surface area contributed by atoms with Gasteiger partial charge in [-0.3, -0.25) is 0 Å². The van der Waals surface area contributed by atoms with Crippen molar-refractivity contribution in [2.75, 3.05) is 6.61 Å². The molecular formula is C28H24O17. The van der Waals surface area contributed by atoms with Crippen molar-refractivity contribution in [3.8, 4) is 57.5 Å². The summed E-state index contributed by atoms with van der Waals surface area (Å²) < 4.78 is 21.7. The van der Waals surface area contributed by atoms with E-state index < -0.39 is 118 Å². The van der Waals surface area contributed by atoms with Crippen LogP contribution in [0.2, 0.25) is 0 Å². The van der Waals surface area contributed by atoms with Crippen molar-refractivity contribution in [3.63, 3.8) is 0 Å². The lowest BCUT2D eigenvalue weighted by Crippen LogP contribution is -2.36. The molecular weight excluding hydrogens is 608 g/mol. The highest BCUT2D eigenvalue weighted by atomic mass is 16.6. The molecule has 3 aromatic rings. The molecule has 3 aromatic carbocycles. The van der Waals surface area contributed by atoms with Crippen molar-refractivity contribution < 1.29 is 84.7 Å². The van der Waals surface area contributed by atoms with Crippen molar-refractivity contribution in [2.45, 2.75) is 30.8 Å². The number of rotatable bonds is 7. The molecule has 0 radical (unpaired) electrons. The second-order valence-corrected chi connectivity index (χ2v) is 9.95. The van der Waals surface area contributed by atoms with Crippen molar-refractivity contribution in [1.82, 2.24) is 0 Å². The molecule has 17 nitrogen and oxygen atoms in total. The van der Waals surface area contributed by atoms with Gasteiger partial charge in [-0.15, -0.1) is 0 Å². The average Bonchev–Trinajstić information content (AvgIpc) is 3.24. The summed E-state index contributed by atoms with van der Waals surface area (Å²) in [6, 6.07) is 4.32. The van der Waals surface area contributed by atoms with Crippen LogP contribution in [0.3, 0.4) is 0 Å². The number of esters is 2. The number of aromatic hydroxyl groups is 8. The Balaban J connectivity index is 1.51. The van der Waals surface area contributed by atoms with Crippen LogP contribution in [0.5, 0.6) is 57.5 Å². The molecule has 0 saturated heterocycles. The van der Waals surface area contributed by atoms with Crippen molar-refractivity contribution in [1.29, 1.82) is 0 Å². The van der Waals surface area contributed by atoms with Gasteiger partial charge in [0.1, 0.15) is 24.6 Å². The van der Waals surface area contributed by atoms with E-state index in [0.29, 0.717) is 0 Å². The molecule has 2 aliphatic heterocycles. The number of carbonyl (C=O) groups is 2. The summed E-state index contributed by atoms with van der Waals surface area (Å²) >= 11 is 0. The van der Waals surface area contributed by atoms with Crippen LogP contribution in [-0.2, 0) is 20.7 Å². The summed E-state index contributed by atoms with van der Waals surface area (Å²) in [7, 11) is 0. The van der Waals surface area contributed by atoms with Crippen LogP contribution in [0.15, 0.2) is 41.9 Å². The smallest absolute Gasteiger partial charge is 0.377 e. The van der Waals surface area contributed by atoms with E-state index in [1.807, 2.05) is 0 Å². The summed E-state index contributed by atoms with van der Waals surface area (Å²) in [5, 5.41) is 110. The van der Waals surface area contributed by atoms with Gasteiger partial charge in [0.2, 0.25) is 11.5 Å². The number of hydrogen-bond acceptors (Lipinski definition) is 17. The Morgan fingerprint density at radius 1 is 0.800 bits per heavy atom. The van der Waals surface area contributed by atoms with Gasteiger partial charge in [-0.2, -0.15) is 0 Å². The first-order valence-corrected chi connectivity index (χ1v) is 12.8. The second kappa shape index (κ2) is 11.2. The molecule has 0 bridgehead atoms. The van der Waals surface area contributed by atoms with E-state index in [1.165, 1.54) is 0 Å². The maximum Gasteiger partial charge on any atom is 0.377 e. The minimum Gasteiger partial charge on any atom is -0.507 e. The molecule has 4 atom stereocenters. The number of hydrogen-bond donors (Lipinski definition) is 11. The molecule has 0 fully saturated rings. The van der Waals surface area contributed by atoms with Gasteiger partial charge in [-0.1, -0.05) is 0 Å². The predicted octanol–water partition coefficient (Wildman–Crippen LogP) is 1.23. The Morgan fingerprint density at radius 2 is 1.38 bits per heavy atom. The Labute approximate surface area is 250 Å². The summed E-state index contributed by atoms with van der Waals surface area (Å²) in [4.78, 5) is 24.5. The van der Waals surface area contributed by atoms with Crippen molar-refractivity contribution in [3.05, 3.63) is 58.5 Å². The molecule has 0 unspecified atom stereocenters. The first-order chi connectivity index (χ1) is 21.2. The zero-order valence-corrected chi connectivity index (χ0v) is 22.5.